The Morgan fingerprint density at radius 3 is 2.25 bits per heavy atom. The molecule has 1 fully saturated rings. The van der Waals surface area contributed by atoms with Crippen LogP contribution in [0.15, 0.2) is 56.3 Å². The first kappa shape index (κ1) is 17.6. The topological polar surface area (TPSA) is 89.3 Å². The van der Waals surface area contributed by atoms with Gasteiger partial charge in [-0.25, -0.2) is 13.6 Å². The van der Waals surface area contributed by atoms with Crippen molar-refractivity contribution in [3.8, 4) is 0 Å². The number of amides is 1. The highest BCUT2D eigenvalue weighted by molar-refractivity contribution is 9.10. The van der Waals surface area contributed by atoms with E-state index in [0.717, 1.165) is 22.9 Å². The number of carbonyl (C=O) groups is 1. The lowest BCUT2D eigenvalue weighted by Crippen LogP contribution is -2.35. The third kappa shape index (κ3) is 3.56. The molecule has 24 heavy (non-hydrogen) atoms. The molecule has 5 nitrogen and oxygen atoms in total. The van der Waals surface area contributed by atoms with Crippen molar-refractivity contribution in [2.45, 2.75) is 23.3 Å². The van der Waals surface area contributed by atoms with Crippen molar-refractivity contribution in [2.24, 2.45) is 5.14 Å². The van der Waals surface area contributed by atoms with Crippen LogP contribution in [-0.4, -0.2) is 14.3 Å². The van der Waals surface area contributed by atoms with Crippen LogP contribution in [0.5, 0.6) is 0 Å². The molecule has 0 aliphatic heterocycles. The summed E-state index contributed by atoms with van der Waals surface area (Å²) in [4.78, 5) is 12.6. The molecule has 1 aliphatic carbocycles. The van der Waals surface area contributed by atoms with Crippen LogP contribution in [0.4, 0.5) is 0 Å². The number of carbonyl (C=O) groups excluding carboxylic acids is 1. The van der Waals surface area contributed by atoms with Gasteiger partial charge in [0.15, 0.2) is 0 Å². The van der Waals surface area contributed by atoms with E-state index in [9.17, 15) is 13.2 Å². The summed E-state index contributed by atoms with van der Waals surface area (Å²) in [5.74, 6) is -0.340. The minimum Gasteiger partial charge on any atom is -0.342 e. The first-order chi connectivity index (χ1) is 11.2. The van der Waals surface area contributed by atoms with E-state index >= 15 is 0 Å². The van der Waals surface area contributed by atoms with Crippen LogP contribution in [0.2, 0.25) is 0 Å². The predicted octanol–water partition coefficient (Wildman–Crippen LogP) is 3.28. The minimum absolute atomic E-state index is 0.0932. The van der Waals surface area contributed by atoms with Crippen LogP contribution in [-0.2, 0) is 15.6 Å². The SMILES string of the molecule is NS(=O)(=O)c1ccc(Br)c(C(=O)NC2(c3ccc(Br)cc3)CC2)c1. The summed E-state index contributed by atoms with van der Waals surface area (Å²) in [6.45, 7) is 0. The van der Waals surface area contributed by atoms with Crippen LogP contribution in [0.25, 0.3) is 0 Å². The Labute approximate surface area is 156 Å². The van der Waals surface area contributed by atoms with Crippen molar-refractivity contribution >= 4 is 47.8 Å². The average molecular weight is 474 g/mol. The number of benzene rings is 2. The van der Waals surface area contributed by atoms with Gasteiger partial charge < -0.3 is 5.32 Å². The maximum Gasteiger partial charge on any atom is 0.253 e. The van der Waals surface area contributed by atoms with Gasteiger partial charge in [0.2, 0.25) is 10.0 Å². The zero-order valence-electron chi connectivity index (χ0n) is 12.4. The maximum absolute atomic E-state index is 12.7. The molecule has 0 saturated heterocycles. The summed E-state index contributed by atoms with van der Waals surface area (Å²) >= 11 is 6.68. The summed E-state index contributed by atoms with van der Waals surface area (Å²) in [7, 11) is -3.87. The molecule has 0 radical (unpaired) electrons. The molecule has 3 rings (SSSR count). The summed E-state index contributed by atoms with van der Waals surface area (Å²) in [6, 6.07) is 11.9. The van der Waals surface area contributed by atoms with Gasteiger partial charge in [0.1, 0.15) is 0 Å². The van der Waals surface area contributed by atoms with Crippen LogP contribution in [0, 0.1) is 0 Å². The first-order valence-electron chi connectivity index (χ1n) is 7.12. The maximum atomic E-state index is 12.7. The highest BCUT2D eigenvalue weighted by Crippen LogP contribution is 2.46. The second kappa shape index (κ2) is 6.25. The Bertz CT molecular complexity index is 907. The largest absolute Gasteiger partial charge is 0.342 e. The average Bonchev–Trinajstić information content (AvgIpc) is 3.27. The van der Waals surface area contributed by atoms with Gasteiger partial charge in [0.05, 0.1) is 16.0 Å². The zero-order chi connectivity index (χ0) is 17.5. The molecule has 8 heteroatoms. The Morgan fingerprint density at radius 2 is 1.71 bits per heavy atom. The van der Waals surface area contributed by atoms with Crippen molar-refractivity contribution in [3.05, 3.63) is 62.5 Å². The zero-order valence-corrected chi connectivity index (χ0v) is 16.4. The van der Waals surface area contributed by atoms with E-state index in [2.05, 4.69) is 37.2 Å². The lowest BCUT2D eigenvalue weighted by molar-refractivity contribution is 0.0930. The van der Waals surface area contributed by atoms with Gasteiger partial charge >= 0.3 is 0 Å². The fourth-order valence-electron chi connectivity index (χ4n) is 2.52. The molecule has 0 bridgehead atoms. The van der Waals surface area contributed by atoms with Gasteiger partial charge in [-0.05, 0) is 64.7 Å². The predicted molar refractivity (Wildman–Crippen MR) is 98.0 cm³/mol. The second-order valence-electron chi connectivity index (χ2n) is 5.73. The fraction of sp³-hybridized carbons (Fsp3) is 0.188. The van der Waals surface area contributed by atoms with Crippen molar-refractivity contribution < 1.29 is 13.2 Å². The van der Waals surface area contributed by atoms with Crippen LogP contribution in [0.3, 0.4) is 0 Å². The summed E-state index contributed by atoms with van der Waals surface area (Å²) in [5.41, 5.74) is 0.872. The number of hydrogen-bond donors (Lipinski definition) is 2. The van der Waals surface area contributed by atoms with Crippen molar-refractivity contribution in [1.82, 2.24) is 5.32 Å². The van der Waals surface area contributed by atoms with Gasteiger partial charge in [0.25, 0.3) is 5.91 Å². The van der Waals surface area contributed by atoms with E-state index in [0.29, 0.717) is 4.47 Å². The van der Waals surface area contributed by atoms with Gasteiger partial charge in [-0.15, -0.1) is 0 Å². The number of nitrogens with one attached hydrogen (secondary N) is 1. The smallest absolute Gasteiger partial charge is 0.253 e. The summed E-state index contributed by atoms with van der Waals surface area (Å²) in [5, 5.41) is 8.16. The molecule has 2 aromatic rings. The molecule has 0 spiro atoms. The molecule has 0 heterocycles. The number of primary sulfonamides is 1. The molecule has 3 N–H and O–H groups in total. The Morgan fingerprint density at radius 1 is 1.08 bits per heavy atom. The molecule has 0 aromatic heterocycles. The molecule has 2 aromatic carbocycles. The van der Waals surface area contributed by atoms with E-state index in [1.165, 1.54) is 18.2 Å². The molecule has 0 atom stereocenters. The molecule has 0 unspecified atom stereocenters. The quantitative estimate of drug-likeness (QED) is 0.713. The second-order valence-corrected chi connectivity index (χ2v) is 9.06. The van der Waals surface area contributed by atoms with Crippen LogP contribution >= 0.6 is 31.9 Å². The molecule has 126 valence electrons. The number of rotatable bonds is 4. The first-order valence-corrected chi connectivity index (χ1v) is 10.3. The van der Waals surface area contributed by atoms with Gasteiger partial charge in [-0.3, -0.25) is 4.79 Å². The van der Waals surface area contributed by atoms with Gasteiger partial charge in [0, 0.05) is 8.95 Å². The third-order valence-electron chi connectivity index (χ3n) is 4.01. The number of hydrogen-bond acceptors (Lipinski definition) is 3. The molecule has 1 saturated carbocycles. The minimum atomic E-state index is -3.87. The van der Waals surface area contributed by atoms with Crippen molar-refractivity contribution in [2.75, 3.05) is 0 Å². The van der Waals surface area contributed by atoms with E-state index in [4.69, 9.17) is 5.14 Å². The highest BCUT2D eigenvalue weighted by Gasteiger charge is 2.45. The standard InChI is InChI=1S/C16H14Br2N2O3S/c17-11-3-1-10(2-4-11)16(7-8-16)20-15(21)13-9-12(24(19,22)23)5-6-14(13)18/h1-6,9H,7-8H2,(H,20,21)(H2,19,22,23). The molecule has 1 aliphatic rings. The van der Waals surface area contributed by atoms with Gasteiger partial charge in [-0.1, -0.05) is 28.1 Å². The Hall–Kier alpha value is -1.22. The van der Waals surface area contributed by atoms with Gasteiger partial charge in [-0.2, -0.15) is 0 Å². The van der Waals surface area contributed by atoms with Crippen LogP contribution < -0.4 is 10.5 Å². The van der Waals surface area contributed by atoms with E-state index < -0.39 is 15.6 Å². The Kier molecular flexibility index (Phi) is 4.59. The van der Waals surface area contributed by atoms with E-state index in [1.54, 1.807) is 0 Å². The highest BCUT2D eigenvalue weighted by atomic mass is 79.9. The monoisotopic (exact) mass is 472 g/mol. The number of nitrogens with two attached hydrogens (primary N) is 1. The lowest BCUT2D eigenvalue weighted by Gasteiger charge is -2.19. The molecular weight excluding hydrogens is 460 g/mol. The number of sulfonamides is 1. The summed E-state index contributed by atoms with van der Waals surface area (Å²) < 4.78 is 24.5. The number of halogens is 2. The fourth-order valence-corrected chi connectivity index (χ4v) is 3.75. The van der Waals surface area contributed by atoms with E-state index in [1.807, 2.05) is 24.3 Å². The third-order valence-corrected chi connectivity index (χ3v) is 6.14. The normalized spacial score (nSPS) is 15.8. The van der Waals surface area contributed by atoms with Crippen molar-refractivity contribution in [3.63, 3.8) is 0 Å². The summed E-state index contributed by atoms with van der Waals surface area (Å²) in [6.07, 6.45) is 1.68. The molecule has 1 amide bonds. The van der Waals surface area contributed by atoms with Crippen molar-refractivity contribution in [1.29, 1.82) is 0 Å². The Balaban J connectivity index is 1.89. The van der Waals surface area contributed by atoms with Crippen LogP contribution in [0.1, 0.15) is 28.8 Å². The lowest BCUT2D eigenvalue weighted by atomic mass is 10.0. The molecular formula is C16H14Br2N2O3S. The van der Waals surface area contributed by atoms with E-state index in [-0.39, 0.29) is 16.4 Å².